The quantitative estimate of drug-likeness (QED) is 0.126. The first-order valence-corrected chi connectivity index (χ1v) is 14.5. The summed E-state index contributed by atoms with van der Waals surface area (Å²) in [5.41, 5.74) is -1.61. The minimum absolute atomic E-state index is 0.0680. The van der Waals surface area contributed by atoms with E-state index in [1.165, 1.54) is 0 Å². The van der Waals surface area contributed by atoms with Crippen LogP contribution >= 0.6 is 0 Å². The number of hydrogen-bond donors (Lipinski definition) is 8. The van der Waals surface area contributed by atoms with Gasteiger partial charge in [-0.1, -0.05) is 6.92 Å². The third kappa shape index (κ3) is 7.36. The van der Waals surface area contributed by atoms with Gasteiger partial charge in [0.1, 0.15) is 30.5 Å². The molecule has 3 aliphatic heterocycles. The maximum absolute atomic E-state index is 13.3. The van der Waals surface area contributed by atoms with E-state index >= 15 is 0 Å². The summed E-state index contributed by atoms with van der Waals surface area (Å²) in [5, 5.41) is 50.2. The maximum atomic E-state index is 13.3. The van der Waals surface area contributed by atoms with E-state index in [1.54, 1.807) is 6.92 Å². The molecule has 44 heavy (non-hydrogen) atoms. The Bertz CT molecular complexity index is 1350. The van der Waals surface area contributed by atoms with Crippen molar-refractivity contribution in [2.24, 2.45) is 5.92 Å². The molecule has 0 saturated carbocycles. The van der Waals surface area contributed by atoms with Crippen molar-refractivity contribution in [2.45, 2.75) is 94.7 Å². The Morgan fingerprint density at radius 1 is 1.18 bits per heavy atom. The molecule has 17 nitrogen and oxygen atoms in total. The van der Waals surface area contributed by atoms with Crippen LogP contribution in [0.3, 0.4) is 0 Å². The van der Waals surface area contributed by atoms with Crippen LogP contribution < -0.4 is 27.2 Å². The van der Waals surface area contributed by atoms with E-state index < -0.39 is 90.4 Å². The van der Waals surface area contributed by atoms with Crippen molar-refractivity contribution < 1.29 is 49.0 Å². The second-order valence-electron chi connectivity index (χ2n) is 11.1. The Morgan fingerprint density at radius 3 is 2.61 bits per heavy atom. The van der Waals surface area contributed by atoms with Gasteiger partial charge in [0.15, 0.2) is 18.1 Å². The summed E-state index contributed by atoms with van der Waals surface area (Å²) in [6, 6.07) is 0.0772. The highest BCUT2D eigenvalue weighted by molar-refractivity contribution is 5.95. The minimum atomic E-state index is -1.83. The second-order valence-corrected chi connectivity index (χ2v) is 11.1. The van der Waals surface area contributed by atoms with Crippen LogP contribution in [0.25, 0.3) is 0 Å². The highest BCUT2D eigenvalue weighted by atomic mass is 16.7. The topological polar surface area (TPSA) is 251 Å². The number of hydrogen-bond acceptors (Lipinski definition) is 12. The van der Waals surface area contributed by atoms with E-state index in [2.05, 4.69) is 16.0 Å². The Morgan fingerprint density at radius 2 is 1.93 bits per heavy atom. The van der Waals surface area contributed by atoms with Gasteiger partial charge in [0.25, 0.3) is 17.4 Å². The Balaban J connectivity index is 1.57. The molecule has 10 atom stereocenters. The molecule has 3 aliphatic rings. The van der Waals surface area contributed by atoms with E-state index in [1.807, 2.05) is 11.9 Å². The first-order chi connectivity index (χ1) is 20.9. The number of nitrogens with zero attached hydrogens (tertiary/aromatic N) is 1. The normalized spacial score (nSPS) is 32.9. The zero-order valence-corrected chi connectivity index (χ0v) is 24.3. The van der Waals surface area contributed by atoms with Crippen molar-refractivity contribution >= 4 is 17.7 Å². The van der Waals surface area contributed by atoms with E-state index in [9.17, 15) is 44.4 Å². The van der Waals surface area contributed by atoms with E-state index in [-0.39, 0.29) is 18.5 Å². The molecule has 17 heteroatoms. The summed E-state index contributed by atoms with van der Waals surface area (Å²) in [6.45, 7) is 3.09. The first kappa shape index (κ1) is 33.3. The number of amides is 3. The molecule has 3 amide bonds. The smallest absolute Gasteiger partial charge is 0.330 e. The Kier molecular flexibility index (Phi) is 10.9. The molecule has 0 radical (unpaired) electrons. The zero-order chi connectivity index (χ0) is 32.1. The van der Waals surface area contributed by atoms with Crippen molar-refractivity contribution in [1.29, 1.82) is 0 Å². The lowest BCUT2D eigenvalue weighted by Gasteiger charge is -2.35. The van der Waals surface area contributed by atoms with Gasteiger partial charge in [-0.3, -0.25) is 28.7 Å². The van der Waals surface area contributed by atoms with Gasteiger partial charge in [0.2, 0.25) is 12.2 Å². The third-order valence-electron chi connectivity index (χ3n) is 7.73. The fourth-order valence-corrected chi connectivity index (χ4v) is 5.32. The second kappa shape index (κ2) is 14.4. The van der Waals surface area contributed by atoms with Gasteiger partial charge in [0, 0.05) is 30.8 Å². The van der Waals surface area contributed by atoms with Crippen LogP contribution in [0.15, 0.2) is 33.7 Å². The van der Waals surface area contributed by atoms with Crippen LogP contribution in [0.4, 0.5) is 0 Å². The van der Waals surface area contributed by atoms with Crippen LogP contribution in [0.2, 0.25) is 0 Å². The number of nitrogens with one attached hydrogen (secondary N) is 4. The van der Waals surface area contributed by atoms with Gasteiger partial charge < -0.3 is 50.6 Å². The third-order valence-corrected chi connectivity index (χ3v) is 7.73. The molecule has 0 bridgehead atoms. The molecular weight excluding hydrogens is 586 g/mol. The fourth-order valence-electron chi connectivity index (χ4n) is 5.32. The Labute approximate surface area is 251 Å². The molecule has 8 N–H and O–H groups in total. The molecule has 2 saturated heterocycles. The van der Waals surface area contributed by atoms with Crippen LogP contribution in [-0.4, -0.2) is 110 Å². The standard InChI is InChI=1S/C27H39N5O12/c1-3-8-28-24(40)21(20-13(11-33)18(36)25(43-20)32-9-7-17(35)31-27(32)41)44-26-19(37)15(34)10-16(42-26)23(39)30-14-6-4-5-12(2)29-22(14)38/h7,9-10,12-15,18-21,25-26,33-34,36-37H,3-6,8,11H2,1-2H3,(H,28,40)(H,29,38)(H,30,39)(H,31,35,41)/t12-,13+,14+,15+,18-,19+,20+,21-,25-,26-/m1/s1. The number of aromatic nitrogens is 2. The predicted octanol–water partition coefficient (Wildman–Crippen LogP) is -3.55. The van der Waals surface area contributed by atoms with Gasteiger partial charge in [-0.05, 0) is 38.7 Å². The van der Waals surface area contributed by atoms with Crippen molar-refractivity contribution in [1.82, 2.24) is 25.5 Å². The summed E-state index contributed by atoms with van der Waals surface area (Å²) >= 11 is 0. The number of aliphatic hydroxyl groups is 4. The summed E-state index contributed by atoms with van der Waals surface area (Å²) in [4.78, 5) is 64.8. The fraction of sp³-hybridized carbons (Fsp3) is 0.667. The zero-order valence-electron chi connectivity index (χ0n) is 24.3. The number of ether oxygens (including phenoxy) is 3. The van der Waals surface area contributed by atoms with E-state index in [0.29, 0.717) is 19.3 Å². The lowest BCUT2D eigenvalue weighted by molar-refractivity contribution is -0.240. The van der Waals surface area contributed by atoms with Gasteiger partial charge in [-0.2, -0.15) is 0 Å². The summed E-state index contributed by atoms with van der Waals surface area (Å²) in [5.74, 6) is -3.74. The van der Waals surface area contributed by atoms with Crippen molar-refractivity contribution in [3.8, 4) is 0 Å². The van der Waals surface area contributed by atoms with Crippen LogP contribution in [0.5, 0.6) is 0 Å². The molecule has 0 aliphatic carbocycles. The molecular formula is C27H39N5O12. The minimum Gasteiger partial charge on any atom is -0.456 e. The first-order valence-electron chi connectivity index (χ1n) is 14.5. The SMILES string of the molecule is CCCNC(=O)[C@H](O[C@H]1OC(C(=O)N[C@H]2CCC[C@@H](C)NC2=O)=C[C@H](O)[C@@H]1O)[C@H]1O[C@@H](n2ccc(=O)[nH]c2=O)[C@H](O)[C@@H]1CO. The molecule has 4 heterocycles. The molecule has 0 aromatic carbocycles. The average Bonchev–Trinajstić information content (AvgIpc) is 3.21. The van der Waals surface area contributed by atoms with Crippen molar-refractivity contribution in [3.05, 3.63) is 44.9 Å². The molecule has 244 valence electrons. The summed E-state index contributed by atoms with van der Waals surface area (Å²) < 4.78 is 18.1. The van der Waals surface area contributed by atoms with E-state index in [4.69, 9.17) is 14.2 Å². The molecule has 2 fully saturated rings. The van der Waals surface area contributed by atoms with E-state index in [0.717, 1.165) is 29.3 Å². The van der Waals surface area contributed by atoms with Crippen LogP contribution in [-0.2, 0) is 28.6 Å². The van der Waals surface area contributed by atoms with Gasteiger partial charge in [-0.15, -0.1) is 0 Å². The number of aromatic amines is 1. The van der Waals surface area contributed by atoms with Gasteiger partial charge >= 0.3 is 5.69 Å². The molecule has 4 rings (SSSR count). The summed E-state index contributed by atoms with van der Waals surface area (Å²) in [7, 11) is 0. The number of carbonyl (C=O) groups is 3. The number of H-pyrrole nitrogens is 1. The highest BCUT2D eigenvalue weighted by Gasteiger charge is 2.52. The lowest BCUT2D eigenvalue weighted by Crippen LogP contribution is -2.54. The van der Waals surface area contributed by atoms with Gasteiger partial charge in [-0.25, -0.2) is 4.79 Å². The van der Waals surface area contributed by atoms with Crippen molar-refractivity contribution in [2.75, 3.05) is 13.2 Å². The predicted molar refractivity (Wildman–Crippen MR) is 148 cm³/mol. The number of rotatable bonds is 10. The van der Waals surface area contributed by atoms with Crippen molar-refractivity contribution in [3.63, 3.8) is 0 Å². The van der Waals surface area contributed by atoms with Crippen LogP contribution in [0.1, 0.15) is 45.8 Å². The largest absolute Gasteiger partial charge is 0.456 e. The Hall–Kier alpha value is -3.61. The summed E-state index contributed by atoms with van der Waals surface area (Å²) in [6.07, 6.45) is -7.18. The lowest BCUT2D eigenvalue weighted by atomic mass is 9.94. The highest BCUT2D eigenvalue weighted by Crippen LogP contribution is 2.36. The monoisotopic (exact) mass is 625 g/mol. The average molecular weight is 626 g/mol. The molecule has 1 aromatic heterocycles. The van der Waals surface area contributed by atoms with Gasteiger partial charge in [0.05, 0.1) is 6.61 Å². The maximum Gasteiger partial charge on any atom is 0.330 e. The number of carbonyl (C=O) groups excluding carboxylic acids is 3. The number of aliphatic hydroxyl groups excluding tert-OH is 4. The molecule has 0 spiro atoms. The molecule has 0 unspecified atom stereocenters. The van der Waals surface area contributed by atoms with Crippen LogP contribution in [0, 0.1) is 5.92 Å². The molecule has 1 aromatic rings.